The van der Waals surface area contributed by atoms with Gasteiger partial charge < -0.3 is 4.90 Å². The van der Waals surface area contributed by atoms with E-state index in [0.717, 1.165) is 5.56 Å². The molecule has 1 heterocycles. The zero-order valence-electron chi connectivity index (χ0n) is 10.0. The third kappa shape index (κ3) is 2.78. The van der Waals surface area contributed by atoms with Gasteiger partial charge in [0.15, 0.2) is 0 Å². The largest absolute Gasteiger partial charge is 0.343 e. The SMILES string of the molecule is CN(C)C(=O)c1ccc(C(C)(C)C)cn1. The van der Waals surface area contributed by atoms with E-state index in [-0.39, 0.29) is 11.3 Å². The van der Waals surface area contributed by atoms with E-state index in [9.17, 15) is 4.79 Å². The van der Waals surface area contributed by atoms with Crippen molar-refractivity contribution in [3.63, 3.8) is 0 Å². The minimum atomic E-state index is -0.0598. The van der Waals surface area contributed by atoms with E-state index < -0.39 is 0 Å². The van der Waals surface area contributed by atoms with Crippen molar-refractivity contribution in [3.8, 4) is 0 Å². The Morgan fingerprint density at radius 3 is 2.20 bits per heavy atom. The number of hydrogen-bond donors (Lipinski definition) is 0. The van der Waals surface area contributed by atoms with Crippen molar-refractivity contribution in [3.05, 3.63) is 29.6 Å². The fraction of sp³-hybridized carbons (Fsp3) is 0.500. The molecule has 1 aromatic rings. The van der Waals surface area contributed by atoms with Gasteiger partial charge in [-0.05, 0) is 17.0 Å². The molecule has 1 aromatic heterocycles. The van der Waals surface area contributed by atoms with Crippen LogP contribution in [0.5, 0.6) is 0 Å². The molecule has 0 saturated carbocycles. The van der Waals surface area contributed by atoms with Gasteiger partial charge in [-0.1, -0.05) is 26.8 Å². The van der Waals surface area contributed by atoms with Crippen LogP contribution in [-0.4, -0.2) is 29.9 Å². The first-order valence-corrected chi connectivity index (χ1v) is 5.00. The van der Waals surface area contributed by atoms with Crippen molar-refractivity contribution in [2.24, 2.45) is 0 Å². The Morgan fingerprint density at radius 1 is 1.27 bits per heavy atom. The van der Waals surface area contributed by atoms with Crippen molar-refractivity contribution < 1.29 is 4.79 Å². The zero-order valence-corrected chi connectivity index (χ0v) is 10.0. The summed E-state index contributed by atoms with van der Waals surface area (Å²) in [6.07, 6.45) is 1.77. The lowest BCUT2D eigenvalue weighted by Crippen LogP contribution is -2.23. The van der Waals surface area contributed by atoms with Crippen LogP contribution in [0.2, 0.25) is 0 Å². The fourth-order valence-corrected chi connectivity index (χ4v) is 1.19. The van der Waals surface area contributed by atoms with Crippen LogP contribution in [0.3, 0.4) is 0 Å². The van der Waals surface area contributed by atoms with Gasteiger partial charge in [-0.2, -0.15) is 0 Å². The normalized spacial score (nSPS) is 11.3. The van der Waals surface area contributed by atoms with Gasteiger partial charge in [-0.25, -0.2) is 0 Å². The summed E-state index contributed by atoms with van der Waals surface area (Å²) in [7, 11) is 3.45. The minimum absolute atomic E-state index is 0.0598. The van der Waals surface area contributed by atoms with Crippen molar-refractivity contribution in [1.29, 1.82) is 0 Å². The molecule has 0 radical (unpaired) electrons. The molecule has 0 aromatic carbocycles. The van der Waals surface area contributed by atoms with E-state index in [1.165, 1.54) is 4.90 Å². The van der Waals surface area contributed by atoms with E-state index in [2.05, 4.69) is 25.8 Å². The van der Waals surface area contributed by atoms with E-state index in [1.807, 2.05) is 6.07 Å². The number of nitrogens with zero attached hydrogens (tertiary/aromatic N) is 2. The number of aromatic nitrogens is 1. The van der Waals surface area contributed by atoms with Gasteiger partial charge in [0.05, 0.1) is 0 Å². The molecule has 1 rings (SSSR count). The lowest BCUT2D eigenvalue weighted by Gasteiger charge is -2.18. The maximum Gasteiger partial charge on any atom is 0.271 e. The number of carbonyl (C=O) groups is 1. The molecule has 0 N–H and O–H groups in total. The smallest absolute Gasteiger partial charge is 0.271 e. The van der Waals surface area contributed by atoms with Crippen LogP contribution in [0.15, 0.2) is 18.3 Å². The Balaban J connectivity index is 2.96. The summed E-state index contributed by atoms with van der Waals surface area (Å²) in [5.41, 5.74) is 1.71. The van der Waals surface area contributed by atoms with Gasteiger partial charge >= 0.3 is 0 Å². The first-order chi connectivity index (χ1) is 6.82. The topological polar surface area (TPSA) is 33.2 Å². The third-order valence-corrected chi connectivity index (χ3v) is 2.25. The van der Waals surface area contributed by atoms with Crippen LogP contribution in [-0.2, 0) is 5.41 Å². The molecule has 0 aliphatic heterocycles. The zero-order chi connectivity index (χ0) is 11.6. The van der Waals surface area contributed by atoms with Gasteiger partial charge in [0.2, 0.25) is 0 Å². The van der Waals surface area contributed by atoms with E-state index in [1.54, 1.807) is 26.4 Å². The molecule has 0 spiro atoms. The summed E-state index contributed by atoms with van der Waals surface area (Å²) < 4.78 is 0. The van der Waals surface area contributed by atoms with Crippen LogP contribution in [0.1, 0.15) is 36.8 Å². The number of hydrogen-bond acceptors (Lipinski definition) is 2. The molecule has 82 valence electrons. The van der Waals surface area contributed by atoms with E-state index >= 15 is 0 Å². The van der Waals surface area contributed by atoms with Crippen LogP contribution >= 0.6 is 0 Å². The summed E-state index contributed by atoms with van der Waals surface area (Å²) in [4.78, 5) is 17.3. The molecule has 0 fully saturated rings. The van der Waals surface area contributed by atoms with Gasteiger partial charge in [-0.3, -0.25) is 9.78 Å². The number of amides is 1. The maximum atomic E-state index is 11.6. The molecular formula is C12H18N2O. The number of rotatable bonds is 1. The third-order valence-electron chi connectivity index (χ3n) is 2.25. The van der Waals surface area contributed by atoms with Crippen LogP contribution in [0.4, 0.5) is 0 Å². The highest BCUT2D eigenvalue weighted by molar-refractivity contribution is 5.91. The second kappa shape index (κ2) is 4.01. The molecule has 0 atom stereocenters. The van der Waals surface area contributed by atoms with Crippen LogP contribution < -0.4 is 0 Å². The summed E-state index contributed by atoms with van der Waals surface area (Å²) >= 11 is 0. The first kappa shape index (κ1) is 11.7. The van der Waals surface area contributed by atoms with Crippen LogP contribution in [0, 0.1) is 0 Å². The Kier molecular flexibility index (Phi) is 3.12. The van der Waals surface area contributed by atoms with Gasteiger partial charge in [0, 0.05) is 20.3 Å². The molecule has 0 aliphatic carbocycles. The average molecular weight is 206 g/mol. The Bertz CT molecular complexity index is 347. The Labute approximate surface area is 91.1 Å². The maximum absolute atomic E-state index is 11.6. The van der Waals surface area contributed by atoms with Gasteiger partial charge in [0.25, 0.3) is 5.91 Å². The molecule has 0 unspecified atom stereocenters. The molecule has 1 amide bonds. The van der Waals surface area contributed by atoms with Gasteiger partial charge in [-0.15, -0.1) is 0 Å². The highest BCUT2D eigenvalue weighted by Crippen LogP contribution is 2.21. The monoisotopic (exact) mass is 206 g/mol. The van der Waals surface area contributed by atoms with Crippen molar-refractivity contribution in [2.75, 3.05) is 14.1 Å². The van der Waals surface area contributed by atoms with Crippen molar-refractivity contribution in [2.45, 2.75) is 26.2 Å². The summed E-state index contributed by atoms with van der Waals surface area (Å²) in [6, 6.07) is 3.74. The van der Waals surface area contributed by atoms with E-state index in [4.69, 9.17) is 0 Å². The molecule has 15 heavy (non-hydrogen) atoms. The molecule has 0 bridgehead atoms. The number of carbonyl (C=O) groups excluding carboxylic acids is 1. The lowest BCUT2D eigenvalue weighted by molar-refractivity contribution is 0.0822. The summed E-state index contributed by atoms with van der Waals surface area (Å²) in [5, 5.41) is 0. The molecule has 0 aliphatic rings. The predicted octanol–water partition coefficient (Wildman–Crippen LogP) is 2.08. The summed E-state index contributed by atoms with van der Waals surface area (Å²) in [6.45, 7) is 6.37. The number of pyridine rings is 1. The fourth-order valence-electron chi connectivity index (χ4n) is 1.19. The first-order valence-electron chi connectivity index (χ1n) is 5.00. The summed E-state index contributed by atoms with van der Waals surface area (Å²) in [5.74, 6) is -0.0598. The van der Waals surface area contributed by atoms with E-state index in [0.29, 0.717) is 5.69 Å². The highest BCUT2D eigenvalue weighted by atomic mass is 16.2. The predicted molar refractivity (Wildman–Crippen MR) is 61.0 cm³/mol. The Hall–Kier alpha value is -1.38. The Morgan fingerprint density at radius 2 is 1.87 bits per heavy atom. The molecule has 3 nitrogen and oxygen atoms in total. The minimum Gasteiger partial charge on any atom is -0.343 e. The van der Waals surface area contributed by atoms with Crippen molar-refractivity contribution >= 4 is 5.91 Å². The molecule has 3 heteroatoms. The molecule has 0 saturated heterocycles. The quantitative estimate of drug-likeness (QED) is 0.705. The molecular weight excluding hydrogens is 188 g/mol. The van der Waals surface area contributed by atoms with Crippen LogP contribution in [0.25, 0.3) is 0 Å². The second-order valence-corrected chi connectivity index (χ2v) is 4.88. The average Bonchev–Trinajstić information content (AvgIpc) is 2.15. The lowest BCUT2D eigenvalue weighted by atomic mass is 9.88. The van der Waals surface area contributed by atoms with Gasteiger partial charge in [0.1, 0.15) is 5.69 Å². The standard InChI is InChI=1S/C12H18N2O/c1-12(2,3)9-6-7-10(13-8-9)11(15)14(4)5/h6-8H,1-5H3. The van der Waals surface area contributed by atoms with Crippen molar-refractivity contribution in [1.82, 2.24) is 9.88 Å². The highest BCUT2D eigenvalue weighted by Gasteiger charge is 2.15. The second-order valence-electron chi connectivity index (χ2n) is 4.88.